The van der Waals surface area contributed by atoms with Crippen molar-refractivity contribution in [2.75, 3.05) is 10.2 Å². The van der Waals surface area contributed by atoms with Gasteiger partial charge in [-0.25, -0.2) is 4.90 Å². The number of anilines is 2. The number of nitrogens with two attached hydrogens (primary N) is 1. The van der Waals surface area contributed by atoms with Crippen LogP contribution >= 0.6 is 11.6 Å². The number of nitrogens with one attached hydrogen (secondary N) is 2. The fourth-order valence-corrected chi connectivity index (χ4v) is 5.71. The molecule has 0 aromatic heterocycles. The van der Waals surface area contributed by atoms with E-state index in [2.05, 4.69) is 10.6 Å². The number of primary amides is 1. The molecule has 0 radical (unpaired) electrons. The molecule has 33 heavy (non-hydrogen) atoms. The lowest BCUT2D eigenvalue weighted by atomic mass is 9.76. The molecule has 4 atom stereocenters. The fraction of sp³-hybridized carbons (Fsp3) is 0.333. The highest BCUT2D eigenvalue weighted by atomic mass is 35.5. The fourth-order valence-electron chi connectivity index (χ4n) is 5.56. The van der Waals surface area contributed by atoms with Gasteiger partial charge in [-0.2, -0.15) is 0 Å². The second kappa shape index (κ2) is 7.40. The summed E-state index contributed by atoms with van der Waals surface area (Å²) in [5.41, 5.74) is 7.11. The van der Waals surface area contributed by atoms with Gasteiger partial charge >= 0.3 is 0 Å². The maximum Gasteiger partial charge on any atom is 0.250 e. The van der Waals surface area contributed by atoms with Crippen molar-refractivity contribution in [3.63, 3.8) is 0 Å². The van der Waals surface area contributed by atoms with Gasteiger partial charge in [-0.05, 0) is 49.6 Å². The minimum Gasteiger partial charge on any atom is -0.370 e. The average Bonchev–Trinajstić information content (AvgIpc) is 3.34. The molecule has 2 aromatic rings. The maximum absolute atomic E-state index is 13.8. The van der Waals surface area contributed by atoms with Gasteiger partial charge < -0.3 is 11.1 Å². The zero-order valence-electron chi connectivity index (χ0n) is 18.1. The highest BCUT2D eigenvalue weighted by Gasteiger charge is 2.70. The van der Waals surface area contributed by atoms with E-state index in [0.29, 0.717) is 27.5 Å². The number of hydrogen-bond donors (Lipinski definition) is 3. The highest BCUT2D eigenvalue weighted by Crippen LogP contribution is 2.55. The average molecular weight is 467 g/mol. The van der Waals surface area contributed by atoms with E-state index in [4.69, 9.17) is 17.3 Å². The number of hydrogen-bond acceptors (Lipinski definition) is 5. The van der Waals surface area contributed by atoms with Crippen LogP contribution in [0.15, 0.2) is 36.4 Å². The van der Waals surface area contributed by atoms with Crippen molar-refractivity contribution in [2.24, 2.45) is 17.6 Å². The van der Waals surface area contributed by atoms with E-state index in [1.807, 2.05) is 13.0 Å². The molecule has 2 saturated heterocycles. The maximum atomic E-state index is 13.8. The van der Waals surface area contributed by atoms with Crippen LogP contribution in [0.5, 0.6) is 0 Å². The van der Waals surface area contributed by atoms with Gasteiger partial charge in [-0.1, -0.05) is 29.8 Å². The molecule has 2 aromatic carbocycles. The number of fused-ring (bicyclic) bond motifs is 4. The highest BCUT2D eigenvalue weighted by molar-refractivity contribution is 6.32. The summed E-state index contributed by atoms with van der Waals surface area (Å²) in [4.78, 5) is 53.7. The largest absolute Gasteiger partial charge is 0.370 e. The molecule has 0 aliphatic carbocycles. The third-order valence-corrected chi connectivity index (χ3v) is 7.46. The van der Waals surface area contributed by atoms with Crippen LogP contribution in [0.2, 0.25) is 5.02 Å². The monoisotopic (exact) mass is 466 g/mol. The predicted molar refractivity (Wildman–Crippen MR) is 123 cm³/mol. The molecule has 3 aliphatic rings. The van der Waals surface area contributed by atoms with Crippen molar-refractivity contribution < 1.29 is 19.2 Å². The SMILES string of the molecule is Cc1cccc(N2C(=O)[C@@H]3[C@H](CCC(N)=O)N[C@@]4(C(=O)Nc5c4ccc(Cl)c5C)[C@@H]3C2=O)c1. The third-order valence-electron chi connectivity index (χ3n) is 7.05. The molecule has 3 aliphatic heterocycles. The van der Waals surface area contributed by atoms with Crippen LogP contribution in [-0.2, 0) is 24.7 Å². The van der Waals surface area contributed by atoms with Crippen molar-refractivity contribution in [1.82, 2.24) is 5.32 Å². The van der Waals surface area contributed by atoms with Gasteiger partial charge in [0.05, 0.1) is 23.2 Å². The van der Waals surface area contributed by atoms with Crippen molar-refractivity contribution in [1.29, 1.82) is 0 Å². The minimum absolute atomic E-state index is 0.0248. The Bertz CT molecular complexity index is 1240. The molecule has 170 valence electrons. The minimum atomic E-state index is -1.44. The summed E-state index contributed by atoms with van der Waals surface area (Å²) in [7, 11) is 0. The summed E-state index contributed by atoms with van der Waals surface area (Å²) in [5.74, 6) is -3.54. The van der Waals surface area contributed by atoms with Gasteiger partial charge in [0.15, 0.2) is 0 Å². The number of carbonyl (C=O) groups is 4. The number of aryl methyl sites for hydroxylation is 1. The molecule has 9 heteroatoms. The quantitative estimate of drug-likeness (QED) is 0.596. The summed E-state index contributed by atoms with van der Waals surface area (Å²) < 4.78 is 0. The van der Waals surface area contributed by atoms with Crippen molar-refractivity contribution in [2.45, 2.75) is 38.3 Å². The third kappa shape index (κ3) is 2.94. The summed E-state index contributed by atoms with van der Waals surface area (Å²) in [5, 5.41) is 6.65. The first-order chi connectivity index (χ1) is 15.7. The molecule has 2 fully saturated rings. The van der Waals surface area contributed by atoms with Crippen LogP contribution in [0.1, 0.15) is 29.5 Å². The first kappa shape index (κ1) is 21.6. The molecule has 4 N–H and O–H groups in total. The van der Waals surface area contributed by atoms with Crippen molar-refractivity contribution in [3.8, 4) is 0 Å². The van der Waals surface area contributed by atoms with E-state index in [-0.39, 0.29) is 18.7 Å². The Morgan fingerprint density at radius 2 is 1.91 bits per heavy atom. The van der Waals surface area contributed by atoms with Gasteiger partial charge in [-0.15, -0.1) is 0 Å². The van der Waals surface area contributed by atoms with E-state index in [1.54, 1.807) is 37.3 Å². The van der Waals surface area contributed by atoms with Gasteiger partial charge in [0.25, 0.3) is 0 Å². The lowest BCUT2D eigenvalue weighted by Crippen LogP contribution is -2.53. The zero-order valence-corrected chi connectivity index (χ0v) is 18.9. The number of imide groups is 1. The number of halogens is 1. The Morgan fingerprint density at radius 1 is 1.15 bits per heavy atom. The smallest absolute Gasteiger partial charge is 0.250 e. The first-order valence-corrected chi connectivity index (χ1v) is 11.2. The lowest BCUT2D eigenvalue weighted by Gasteiger charge is -2.29. The summed E-state index contributed by atoms with van der Waals surface area (Å²) >= 11 is 6.28. The van der Waals surface area contributed by atoms with E-state index in [0.717, 1.165) is 5.56 Å². The Balaban J connectivity index is 1.67. The molecule has 3 heterocycles. The van der Waals surface area contributed by atoms with Gasteiger partial charge in [0.2, 0.25) is 23.6 Å². The number of nitrogens with zero attached hydrogens (tertiary/aromatic N) is 1. The normalized spacial score (nSPS) is 27.8. The van der Waals surface area contributed by atoms with Crippen LogP contribution in [0.3, 0.4) is 0 Å². The molecular weight excluding hydrogens is 444 g/mol. The van der Waals surface area contributed by atoms with Crippen LogP contribution in [0.25, 0.3) is 0 Å². The van der Waals surface area contributed by atoms with Crippen LogP contribution in [0, 0.1) is 25.7 Å². The summed E-state index contributed by atoms with van der Waals surface area (Å²) in [6.45, 7) is 3.67. The van der Waals surface area contributed by atoms with E-state index >= 15 is 0 Å². The van der Waals surface area contributed by atoms with E-state index in [1.165, 1.54) is 4.90 Å². The number of amides is 4. The van der Waals surface area contributed by atoms with Gasteiger partial charge in [0, 0.05) is 23.0 Å². The molecule has 4 amide bonds. The van der Waals surface area contributed by atoms with Crippen LogP contribution < -0.4 is 21.3 Å². The Hall–Kier alpha value is -3.23. The Labute approximate surface area is 195 Å². The second-order valence-electron chi connectivity index (χ2n) is 8.97. The second-order valence-corrected chi connectivity index (χ2v) is 9.37. The predicted octanol–water partition coefficient (Wildman–Crippen LogP) is 2.15. The van der Waals surface area contributed by atoms with Crippen LogP contribution in [-0.4, -0.2) is 29.7 Å². The number of carbonyl (C=O) groups excluding carboxylic acids is 4. The number of benzene rings is 2. The zero-order chi connectivity index (χ0) is 23.7. The van der Waals surface area contributed by atoms with E-state index in [9.17, 15) is 19.2 Å². The van der Waals surface area contributed by atoms with Crippen molar-refractivity contribution >= 4 is 46.6 Å². The molecular formula is C24H23ClN4O4. The molecule has 0 saturated carbocycles. The standard InChI is InChI=1S/C24H23ClN4O4/c1-11-4-3-5-13(10-11)29-21(31)18-16(8-9-17(26)30)28-24(19(18)22(29)32)14-6-7-15(25)12(2)20(14)27-23(24)33/h3-7,10,16,18-19,28H,8-9H2,1-2H3,(H2,26,30)(H,27,33)/t16-,18+,19-,24+/m0/s1. The van der Waals surface area contributed by atoms with Gasteiger partial charge in [-0.3, -0.25) is 24.5 Å². The van der Waals surface area contributed by atoms with E-state index < -0.39 is 41.1 Å². The number of rotatable bonds is 4. The van der Waals surface area contributed by atoms with Crippen molar-refractivity contribution in [3.05, 3.63) is 58.1 Å². The molecule has 5 rings (SSSR count). The molecule has 0 bridgehead atoms. The lowest BCUT2D eigenvalue weighted by molar-refractivity contribution is -0.130. The summed E-state index contributed by atoms with van der Waals surface area (Å²) in [6.07, 6.45) is 0.255. The first-order valence-electron chi connectivity index (χ1n) is 10.8. The Morgan fingerprint density at radius 3 is 2.61 bits per heavy atom. The topological polar surface area (TPSA) is 122 Å². The molecule has 1 spiro atoms. The summed E-state index contributed by atoms with van der Waals surface area (Å²) in [6, 6.07) is 9.95. The molecule has 0 unspecified atom stereocenters. The molecule has 8 nitrogen and oxygen atoms in total. The Kier molecular flexibility index (Phi) is 4.84. The van der Waals surface area contributed by atoms with Gasteiger partial charge in [0.1, 0.15) is 5.54 Å². The van der Waals surface area contributed by atoms with Crippen LogP contribution in [0.4, 0.5) is 11.4 Å².